The zero-order chi connectivity index (χ0) is 11.4. The van der Waals surface area contributed by atoms with Crippen molar-refractivity contribution in [1.29, 1.82) is 0 Å². The van der Waals surface area contributed by atoms with Crippen molar-refractivity contribution in [3.05, 3.63) is 17.5 Å². The third kappa shape index (κ3) is 3.79. The van der Waals surface area contributed by atoms with Crippen LogP contribution in [0.1, 0.15) is 25.2 Å². The molecule has 4 nitrogen and oxygen atoms in total. The minimum atomic E-state index is 0.299. The van der Waals surface area contributed by atoms with Gasteiger partial charge in [-0.05, 0) is 18.9 Å². The standard InChI is InChI=1S/C10H16N4S/c1-6(2)5-12-10-13-7(3)4-8(14-10)9(11)15/h4,6H,5H2,1-3H3,(H2,11,15)(H,12,13,14). The molecule has 1 rings (SSSR count). The first-order valence-corrected chi connectivity index (χ1v) is 5.29. The number of rotatable bonds is 4. The van der Waals surface area contributed by atoms with Gasteiger partial charge in [0, 0.05) is 12.2 Å². The summed E-state index contributed by atoms with van der Waals surface area (Å²) in [7, 11) is 0. The first kappa shape index (κ1) is 11.8. The first-order valence-electron chi connectivity index (χ1n) is 4.88. The van der Waals surface area contributed by atoms with Crippen LogP contribution in [-0.4, -0.2) is 21.5 Å². The Labute approximate surface area is 95.3 Å². The lowest BCUT2D eigenvalue weighted by atomic mass is 10.2. The minimum absolute atomic E-state index is 0.299. The second kappa shape index (κ2) is 5.02. The van der Waals surface area contributed by atoms with E-state index in [1.807, 2.05) is 6.92 Å². The summed E-state index contributed by atoms with van der Waals surface area (Å²) in [6, 6.07) is 1.78. The van der Waals surface area contributed by atoms with Gasteiger partial charge in [-0.15, -0.1) is 0 Å². The van der Waals surface area contributed by atoms with E-state index in [9.17, 15) is 0 Å². The van der Waals surface area contributed by atoms with Gasteiger partial charge < -0.3 is 11.1 Å². The molecule has 15 heavy (non-hydrogen) atoms. The van der Waals surface area contributed by atoms with Crippen molar-refractivity contribution in [3.63, 3.8) is 0 Å². The number of nitrogens with two attached hydrogens (primary N) is 1. The Morgan fingerprint density at radius 3 is 2.73 bits per heavy atom. The molecule has 0 aliphatic heterocycles. The van der Waals surface area contributed by atoms with Gasteiger partial charge in [0.25, 0.3) is 0 Å². The Balaban J connectivity index is 2.84. The fourth-order valence-corrected chi connectivity index (χ4v) is 1.17. The third-order valence-corrected chi connectivity index (χ3v) is 1.98. The minimum Gasteiger partial charge on any atom is -0.388 e. The van der Waals surface area contributed by atoms with Gasteiger partial charge >= 0.3 is 0 Å². The molecule has 3 N–H and O–H groups in total. The lowest BCUT2D eigenvalue weighted by Gasteiger charge is -2.09. The molecule has 1 aromatic heterocycles. The maximum Gasteiger partial charge on any atom is 0.223 e. The second-order valence-corrected chi connectivity index (χ2v) is 4.30. The molecule has 0 fully saturated rings. The molecular weight excluding hydrogens is 208 g/mol. The molecule has 0 aliphatic rings. The highest BCUT2D eigenvalue weighted by molar-refractivity contribution is 7.80. The van der Waals surface area contributed by atoms with Crippen LogP contribution in [0, 0.1) is 12.8 Å². The molecule has 82 valence electrons. The van der Waals surface area contributed by atoms with Crippen LogP contribution in [0.5, 0.6) is 0 Å². The number of aromatic nitrogens is 2. The molecule has 0 amide bonds. The fourth-order valence-electron chi connectivity index (χ4n) is 1.07. The zero-order valence-corrected chi connectivity index (χ0v) is 10.1. The van der Waals surface area contributed by atoms with Crippen LogP contribution in [0.4, 0.5) is 5.95 Å². The van der Waals surface area contributed by atoms with Crippen molar-refractivity contribution in [2.24, 2.45) is 11.7 Å². The number of hydrogen-bond acceptors (Lipinski definition) is 4. The van der Waals surface area contributed by atoms with Gasteiger partial charge in [-0.3, -0.25) is 0 Å². The maximum atomic E-state index is 5.52. The van der Waals surface area contributed by atoms with Crippen molar-refractivity contribution in [2.45, 2.75) is 20.8 Å². The van der Waals surface area contributed by atoms with Gasteiger partial charge in [-0.2, -0.15) is 0 Å². The summed E-state index contributed by atoms with van der Waals surface area (Å²) in [6.45, 7) is 6.97. The molecule has 1 heterocycles. The monoisotopic (exact) mass is 224 g/mol. The van der Waals surface area contributed by atoms with Crippen LogP contribution in [0.3, 0.4) is 0 Å². The van der Waals surface area contributed by atoms with Crippen LogP contribution in [0.2, 0.25) is 0 Å². The van der Waals surface area contributed by atoms with E-state index in [4.69, 9.17) is 18.0 Å². The quantitative estimate of drug-likeness (QED) is 0.759. The summed E-state index contributed by atoms with van der Waals surface area (Å²) in [5.41, 5.74) is 7.00. The van der Waals surface area contributed by atoms with Crippen molar-refractivity contribution in [3.8, 4) is 0 Å². The number of thiocarbonyl (C=S) groups is 1. The number of nitrogens with zero attached hydrogens (tertiary/aromatic N) is 2. The summed E-state index contributed by atoms with van der Waals surface area (Å²) in [4.78, 5) is 8.77. The van der Waals surface area contributed by atoms with Crippen molar-refractivity contribution < 1.29 is 0 Å². The number of hydrogen-bond donors (Lipinski definition) is 2. The highest BCUT2D eigenvalue weighted by Gasteiger charge is 2.04. The van der Waals surface area contributed by atoms with Gasteiger partial charge in [0.15, 0.2) is 0 Å². The molecule has 0 spiro atoms. The molecule has 0 aliphatic carbocycles. The largest absolute Gasteiger partial charge is 0.388 e. The summed E-state index contributed by atoms with van der Waals surface area (Å²) in [6.07, 6.45) is 0. The number of anilines is 1. The van der Waals surface area contributed by atoms with Crippen molar-refractivity contribution in [1.82, 2.24) is 9.97 Å². The number of aryl methyl sites for hydroxylation is 1. The average Bonchev–Trinajstić information content (AvgIpc) is 2.13. The first-order chi connectivity index (χ1) is 6.99. The average molecular weight is 224 g/mol. The maximum absolute atomic E-state index is 5.52. The molecule has 0 unspecified atom stereocenters. The Kier molecular flexibility index (Phi) is 3.96. The Morgan fingerprint density at radius 1 is 1.53 bits per heavy atom. The molecule has 0 aromatic carbocycles. The van der Waals surface area contributed by atoms with Crippen LogP contribution in [0.15, 0.2) is 6.07 Å². The molecule has 0 saturated carbocycles. The van der Waals surface area contributed by atoms with E-state index in [1.165, 1.54) is 0 Å². The fraction of sp³-hybridized carbons (Fsp3) is 0.500. The van der Waals surface area contributed by atoms with E-state index in [1.54, 1.807) is 6.07 Å². The number of nitrogens with one attached hydrogen (secondary N) is 1. The normalized spacial score (nSPS) is 10.4. The molecule has 0 saturated heterocycles. The highest BCUT2D eigenvalue weighted by atomic mass is 32.1. The predicted octanol–water partition coefficient (Wildman–Crippen LogP) is 1.49. The third-order valence-electron chi connectivity index (χ3n) is 1.78. The summed E-state index contributed by atoms with van der Waals surface area (Å²) in [5.74, 6) is 1.13. The highest BCUT2D eigenvalue weighted by Crippen LogP contribution is 2.05. The Bertz CT molecular complexity index is 362. The Morgan fingerprint density at radius 2 is 2.20 bits per heavy atom. The lowest BCUT2D eigenvalue weighted by Crippen LogP contribution is -2.16. The van der Waals surface area contributed by atoms with Crippen LogP contribution < -0.4 is 11.1 Å². The molecule has 0 bridgehead atoms. The predicted molar refractivity (Wildman–Crippen MR) is 66.0 cm³/mol. The smallest absolute Gasteiger partial charge is 0.223 e. The zero-order valence-electron chi connectivity index (χ0n) is 9.24. The SMILES string of the molecule is Cc1cc(C(N)=S)nc(NCC(C)C)n1. The summed E-state index contributed by atoms with van der Waals surface area (Å²) in [5, 5.41) is 3.14. The topological polar surface area (TPSA) is 63.8 Å². The summed E-state index contributed by atoms with van der Waals surface area (Å²) < 4.78 is 0. The van der Waals surface area contributed by atoms with E-state index < -0.39 is 0 Å². The van der Waals surface area contributed by atoms with Gasteiger partial charge in [-0.25, -0.2) is 9.97 Å². The lowest BCUT2D eigenvalue weighted by molar-refractivity contribution is 0.684. The van der Waals surface area contributed by atoms with E-state index in [-0.39, 0.29) is 0 Å². The van der Waals surface area contributed by atoms with E-state index in [0.29, 0.717) is 22.5 Å². The Hall–Kier alpha value is -1.23. The summed E-state index contributed by atoms with van der Waals surface area (Å²) >= 11 is 4.88. The molecule has 1 aromatic rings. The molecule has 0 radical (unpaired) electrons. The molecule has 5 heteroatoms. The molecule has 0 atom stereocenters. The van der Waals surface area contributed by atoms with E-state index >= 15 is 0 Å². The molecular formula is C10H16N4S. The van der Waals surface area contributed by atoms with E-state index in [2.05, 4.69) is 29.1 Å². The van der Waals surface area contributed by atoms with Crippen molar-refractivity contribution >= 4 is 23.2 Å². The van der Waals surface area contributed by atoms with Crippen molar-refractivity contribution in [2.75, 3.05) is 11.9 Å². The van der Waals surface area contributed by atoms with E-state index in [0.717, 1.165) is 12.2 Å². The van der Waals surface area contributed by atoms with Gasteiger partial charge in [0.2, 0.25) is 5.95 Å². The van der Waals surface area contributed by atoms with Crippen LogP contribution in [0.25, 0.3) is 0 Å². The van der Waals surface area contributed by atoms with Gasteiger partial charge in [-0.1, -0.05) is 26.1 Å². The van der Waals surface area contributed by atoms with Crippen LogP contribution in [-0.2, 0) is 0 Å². The second-order valence-electron chi connectivity index (χ2n) is 3.86. The van der Waals surface area contributed by atoms with Crippen LogP contribution >= 0.6 is 12.2 Å². The van der Waals surface area contributed by atoms with Gasteiger partial charge in [0.1, 0.15) is 10.7 Å². The van der Waals surface area contributed by atoms with Gasteiger partial charge in [0.05, 0.1) is 0 Å².